The third kappa shape index (κ3) is 6.94. The smallest absolute Gasteiger partial charge is 0.305 e. The van der Waals surface area contributed by atoms with E-state index >= 15 is 0 Å². The molecule has 0 amide bonds. The molecule has 0 saturated carbocycles. The summed E-state index contributed by atoms with van der Waals surface area (Å²) >= 11 is 0. The van der Waals surface area contributed by atoms with Crippen LogP contribution in [0.1, 0.15) is 32.6 Å². The molecule has 0 unspecified atom stereocenters. The third-order valence-corrected chi connectivity index (χ3v) is 6.04. The molecule has 0 aliphatic rings. The standard InChI is InChI=1S/C31H33NO6/c1-4-36-28(33)8-6-5-7-21-37-27-19-13-24(14-20-27)31-32-29(22-9-15-25(34-2)16-10-22)30(38-31)23-11-17-26(35-3)18-12-23/h9-20H,4-8,21H2,1-3H3. The van der Waals surface area contributed by atoms with Gasteiger partial charge in [0.1, 0.15) is 22.9 Å². The molecular weight excluding hydrogens is 482 g/mol. The maximum Gasteiger partial charge on any atom is 0.305 e. The van der Waals surface area contributed by atoms with E-state index in [9.17, 15) is 4.79 Å². The zero-order valence-corrected chi connectivity index (χ0v) is 22.1. The Morgan fingerprint density at radius 1 is 0.737 bits per heavy atom. The van der Waals surface area contributed by atoms with Gasteiger partial charge in [-0.2, -0.15) is 0 Å². The summed E-state index contributed by atoms with van der Waals surface area (Å²) in [5.74, 6) is 3.38. The van der Waals surface area contributed by atoms with Gasteiger partial charge in [-0.1, -0.05) is 0 Å². The fraction of sp³-hybridized carbons (Fsp3) is 0.290. The van der Waals surface area contributed by atoms with Gasteiger partial charge in [-0.15, -0.1) is 0 Å². The van der Waals surface area contributed by atoms with Crippen molar-refractivity contribution in [2.75, 3.05) is 27.4 Å². The Hall–Kier alpha value is -4.26. The first-order chi connectivity index (χ1) is 18.6. The highest BCUT2D eigenvalue weighted by Gasteiger charge is 2.18. The van der Waals surface area contributed by atoms with Crippen molar-refractivity contribution in [2.45, 2.75) is 32.6 Å². The average Bonchev–Trinajstić information content (AvgIpc) is 3.41. The van der Waals surface area contributed by atoms with Crippen LogP contribution in [0.2, 0.25) is 0 Å². The van der Waals surface area contributed by atoms with Gasteiger partial charge >= 0.3 is 5.97 Å². The maximum absolute atomic E-state index is 11.4. The summed E-state index contributed by atoms with van der Waals surface area (Å²) in [5.41, 5.74) is 3.42. The lowest BCUT2D eigenvalue weighted by atomic mass is 10.1. The molecule has 198 valence electrons. The van der Waals surface area contributed by atoms with Crippen LogP contribution in [-0.4, -0.2) is 38.4 Å². The van der Waals surface area contributed by atoms with Crippen molar-refractivity contribution >= 4 is 5.97 Å². The van der Waals surface area contributed by atoms with Crippen molar-refractivity contribution in [3.05, 3.63) is 72.8 Å². The fourth-order valence-corrected chi connectivity index (χ4v) is 3.99. The van der Waals surface area contributed by atoms with Crippen LogP contribution in [-0.2, 0) is 9.53 Å². The second-order valence-electron chi connectivity index (χ2n) is 8.64. The minimum Gasteiger partial charge on any atom is -0.497 e. The van der Waals surface area contributed by atoms with E-state index in [4.69, 9.17) is 28.3 Å². The van der Waals surface area contributed by atoms with Crippen LogP contribution in [0.3, 0.4) is 0 Å². The highest BCUT2D eigenvalue weighted by molar-refractivity contribution is 5.79. The van der Waals surface area contributed by atoms with Crippen LogP contribution in [0.4, 0.5) is 0 Å². The number of nitrogens with zero attached hydrogens (tertiary/aromatic N) is 1. The van der Waals surface area contributed by atoms with Crippen molar-refractivity contribution in [2.24, 2.45) is 0 Å². The monoisotopic (exact) mass is 515 g/mol. The Labute approximate surface area is 223 Å². The number of methoxy groups -OCH3 is 2. The Bertz CT molecular complexity index is 1230. The molecule has 1 aromatic heterocycles. The number of ether oxygens (including phenoxy) is 4. The molecule has 0 bridgehead atoms. The number of carbonyl (C=O) groups excluding carboxylic acids is 1. The predicted octanol–water partition coefficient (Wildman–Crippen LogP) is 7.20. The minimum atomic E-state index is -0.138. The van der Waals surface area contributed by atoms with Gasteiger partial charge < -0.3 is 23.4 Å². The SMILES string of the molecule is CCOC(=O)CCCCCOc1ccc(-c2nc(-c3ccc(OC)cc3)c(-c3ccc(OC)cc3)o2)cc1. The Balaban J connectivity index is 1.46. The van der Waals surface area contributed by atoms with Crippen LogP contribution >= 0.6 is 0 Å². The highest BCUT2D eigenvalue weighted by Crippen LogP contribution is 2.37. The quantitative estimate of drug-likeness (QED) is 0.138. The second-order valence-corrected chi connectivity index (χ2v) is 8.64. The predicted molar refractivity (Wildman–Crippen MR) is 147 cm³/mol. The molecular formula is C31H33NO6. The van der Waals surface area contributed by atoms with Crippen molar-refractivity contribution < 1.29 is 28.2 Å². The zero-order chi connectivity index (χ0) is 26.7. The van der Waals surface area contributed by atoms with E-state index in [-0.39, 0.29) is 5.97 Å². The molecule has 4 rings (SSSR count). The van der Waals surface area contributed by atoms with E-state index in [1.807, 2.05) is 79.7 Å². The number of unbranched alkanes of at least 4 members (excludes halogenated alkanes) is 2. The number of hydrogen-bond donors (Lipinski definition) is 0. The minimum absolute atomic E-state index is 0.138. The zero-order valence-electron chi connectivity index (χ0n) is 22.1. The van der Waals surface area contributed by atoms with Crippen LogP contribution in [0.15, 0.2) is 77.2 Å². The molecule has 0 spiro atoms. The van der Waals surface area contributed by atoms with E-state index in [1.54, 1.807) is 14.2 Å². The lowest BCUT2D eigenvalue weighted by Gasteiger charge is -2.06. The first kappa shape index (κ1) is 26.8. The van der Waals surface area contributed by atoms with E-state index in [2.05, 4.69) is 0 Å². The van der Waals surface area contributed by atoms with Crippen molar-refractivity contribution in [3.63, 3.8) is 0 Å². The molecule has 0 fully saturated rings. The van der Waals surface area contributed by atoms with Crippen molar-refractivity contribution in [1.82, 2.24) is 4.98 Å². The van der Waals surface area contributed by atoms with Crippen LogP contribution in [0.5, 0.6) is 17.2 Å². The van der Waals surface area contributed by atoms with E-state index in [0.29, 0.717) is 31.3 Å². The van der Waals surface area contributed by atoms with E-state index < -0.39 is 0 Å². The van der Waals surface area contributed by atoms with Crippen LogP contribution in [0, 0.1) is 0 Å². The summed E-state index contributed by atoms with van der Waals surface area (Å²) in [7, 11) is 3.29. The molecule has 7 nitrogen and oxygen atoms in total. The largest absolute Gasteiger partial charge is 0.497 e. The molecule has 0 radical (unpaired) electrons. The van der Waals surface area contributed by atoms with Crippen LogP contribution < -0.4 is 14.2 Å². The topological polar surface area (TPSA) is 80.0 Å². The number of esters is 1. The normalized spacial score (nSPS) is 10.7. The molecule has 3 aromatic carbocycles. The summed E-state index contributed by atoms with van der Waals surface area (Å²) in [6.07, 6.45) is 3.04. The molecule has 0 saturated heterocycles. The summed E-state index contributed by atoms with van der Waals surface area (Å²) in [5, 5.41) is 0. The molecule has 38 heavy (non-hydrogen) atoms. The Morgan fingerprint density at radius 2 is 1.32 bits per heavy atom. The first-order valence-corrected chi connectivity index (χ1v) is 12.8. The van der Waals surface area contributed by atoms with Crippen molar-refractivity contribution in [1.29, 1.82) is 0 Å². The molecule has 4 aromatic rings. The van der Waals surface area contributed by atoms with Gasteiger partial charge in [0, 0.05) is 23.1 Å². The number of aromatic nitrogens is 1. The van der Waals surface area contributed by atoms with Gasteiger partial charge in [0.05, 0.1) is 27.4 Å². The molecule has 0 aliphatic heterocycles. The van der Waals surface area contributed by atoms with Gasteiger partial charge in [-0.25, -0.2) is 4.98 Å². The number of hydrogen-bond acceptors (Lipinski definition) is 7. The molecule has 7 heteroatoms. The number of carbonyl (C=O) groups is 1. The summed E-state index contributed by atoms with van der Waals surface area (Å²) < 4.78 is 27.7. The van der Waals surface area contributed by atoms with Gasteiger partial charge in [-0.05, 0) is 99.0 Å². The summed E-state index contributed by atoms with van der Waals surface area (Å²) in [6.45, 7) is 2.83. The van der Waals surface area contributed by atoms with Crippen molar-refractivity contribution in [3.8, 4) is 51.3 Å². The second kappa shape index (κ2) is 13.3. The lowest BCUT2D eigenvalue weighted by Crippen LogP contribution is -2.04. The number of oxazole rings is 1. The van der Waals surface area contributed by atoms with Crippen LogP contribution in [0.25, 0.3) is 34.0 Å². The Kier molecular flexibility index (Phi) is 9.40. The maximum atomic E-state index is 11.4. The van der Waals surface area contributed by atoms with Gasteiger partial charge in [0.2, 0.25) is 5.89 Å². The first-order valence-electron chi connectivity index (χ1n) is 12.8. The third-order valence-electron chi connectivity index (χ3n) is 6.04. The van der Waals surface area contributed by atoms with Gasteiger partial charge in [0.15, 0.2) is 5.76 Å². The highest BCUT2D eigenvalue weighted by atomic mass is 16.5. The van der Waals surface area contributed by atoms with E-state index in [0.717, 1.165) is 58.9 Å². The molecule has 1 heterocycles. The lowest BCUT2D eigenvalue weighted by molar-refractivity contribution is -0.143. The summed E-state index contributed by atoms with van der Waals surface area (Å²) in [6, 6.07) is 23.2. The fourth-order valence-electron chi connectivity index (χ4n) is 3.99. The average molecular weight is 516 g/mol. The Morgan fingerprint density at radius 3 is 1.92 bits per heavy atom. The van der Waals surface area contributed by atoms with E-state index in [1.165, 1.54) is 0 Å². The molecule has 0 N–H and O–H groups in total. The molecule has 0 atom stereocenters. The summed E-state index contributed by atoms with van der Waals surface area (Å²) in [4.78, 5) is 16.3. The molecule has 0 aliphatic carbocycles. The number of benzene rings is 3. The van der Waals surface area contributed by atoms with Gasteiger partial charge in [-0.3, -0.25) is 4.79 Å². The van der Waals surface area contributed by atoms with Gasteiger partial charge in [0.25, 0.3) is 0 Å². The number of rotatable bonds is 13.